The number of nitrogens with zero attached hydrogens (tertiary/aromatic N) is 1. The summed E-state index contributed by atoms with van der Waals surface area (Å²) in [7, 11) is 0. The summed E-state index contributed by atoms with van der Waals surface area (Å²) in [5, 5.41) is 0. The predicted molar refractivity (Wildman–Crippen MR) is 56.8 cm³/mol. The number of Topliss-reactive ketones (excluding diaryl/α,β-unsaturated/α-hetero) is 1. The highest BCUT2D eigenvalue weighted by Gasteiger charge is 2.29. The van der Waals surface area contributed by atoms with E-state index >= 15 is 0 Å². The minimum atomic E-state index is -0.220. The second kappa shape index (κ2) is 4.75. The largest absolute Gasteiger partial charge is 0.297 e. The topological polar surface area (TPSA) is 20.3 Å². The zero-order valence-electron chi connectivity index (χ0n) is 9.85. The Morgan fingerprint density at radius 3 is 1.85 bits per heavy atom. The van der Waals surface area contributed by atoms with Crippen molar-refractivity contribution < 1.29 is 4.79 Å². The van der Waals surface area contributed by atoms with E-state index < -0.39 is 0 Å². The van der Waals surface area contributed by atoms with E-state index in [0.717, 1.165) is 13.1 Å². The number of hydrogen-bond acceptors (Lipinski definition) is 2. The van der Waals surface area contributed by atoms with Crippen LogP contribution in [0.5, 0.6) is 0 Å². The van der Waals surface area contributed by atoms with Crippen LogP contribution in [-0.2, 0) is 4.79 Å². The number of rotatable bonds is 4. The lowest BCUT2D eigenvalue weighted by Crippen LogP contribution is -2.43. The minimum absolute atomic E-state index is 0.0509. The van der Waals surface area contributed by atoms with Gasteiger partial charge in [-0.25, -0.2) is 0 Å². The summed E-state index contributed by atoms with van der Waals surface area (Å²) in [4.78, 5) is 14.1. The first-order chi connectivity index (χ1) is 5.84. The Bertz CT molecular complexity index is 165. The number of likely N-dealkylation sites (N-methyl/N-ethyl adjacent to an activating group) is 1. The van der Waals surface area contributed by atoms with Gasteiger partial charge in [-0.1, -0.05) is 34.6 Å². The Morgan fingerprint density at radius 1 is 1.23 bits per heavy atom. The van der Waals surface area contributed by atoms with Crippen LogP contribution < -0.4 is 0 Å². The zero-order chi connectivity index (χ0) is 10.6. The van der Waals surface area contributed by atoms with Gasteiger partial charge in [0.05, 0.1) is 6.04 Å². The second-order valence-electron chi connectivity index (χ2n) is 4.51. The quantitative estimate of drug-likeness (QED) is 0.670. The summed E-state index contributed by atoms with van der Waals surface area (Å²) in [6, 6.07) is 0.0509. The molecule has 0 fully saturated rings. The summed E-state index contributed by atoms with van der Waals surface area (Å²) in [5.74, 6) is 0.330. The smallest absolute Gasteiger partial charge is 0.154 e. The third-order valence-corrected chi connectivity index (χ3v) is 2.48. The molecule has 2 nitrogen and oxygen atoms in total. The molecule has 0 bridgehead atoms. The molecule has 0 aliphatic heterocycles. The number of ketones is 1. The first kappa shape index (κ1) is 12.6. The van der Waals surface area contributed by atoms with Gasteiger partial charge in [-0.2, -0.15) is 0 Å². The molecule has 0 spiro atoms. The van der Waals surface area contributed by atoms with Crippen LogP contribution in [0.25, 0.3) is 0 Å². The minimum Gasteiger partial charge on any atom is -0.297 e. The number of hydrogen-bond donors (Lipinski definition) is 0. The maximum absolute atomic E-state index is 11.9. The Morgan fingerprint density at radius 2 is 1.62 bits per heavy atom. The first-order valence-electron chi connectivity index (χ1n) is 5.13. The maximum Gasteiger partial charge on any atom is 0.154 e. The molecule has 0 radical (unpaired) electrons. The fourth-order valence-electron chi connectivity index (χ4n) is 1.56. The summed E-state index contributed by atoms with van der Waals surface area (Å²) in [5.41, 5.74) is -0.220. The summed E-state index contributed by atoms with van der Waals surface area (Å²) >= 11 is 0. The molecule has 0 N–H and O–H groups in total. The normalized spacial score (nSPS) is 14.7. The van der Waals surface area contributed by atoms with Gasteiger partial charge in [-0.3, -0.25) is 9.69 Å². The molecular weight excluding hydrogens is 162 g/mol. The SMILES string of the molecule is CCN(CC)C(C)C(=O)C(C)(C)C. The predicted octanol–water partition coefficient (Wildman–Crippen LogP) is 2.33. The lowest BCUT2D eigenvalue weighted by atomic mass is 9.86. The van der Waals surface area contributed by atoms with Gasteiger partial charge in [0.15, 0.2) is 5.78 Å². The molecule has 0 saturated heterocycles. The van der Waals surface area contributed by atoms with Crippen molar-refractivity contribution in [1.82, 2.24) is 4.90 Å². The van der Waals surface area contributed by atoms with E-state index in [2.05, 4.69) is 18.7 Å². The average Bonchev–Trinajstić information content (AvgIpc) is 2.03. The lowest BCUT2D eigenvalue weighted by molar-refractivity contribution is -0.131. The second-order valence-corrected chi connectivity index (χ2v) is 4.51. The molecule has 78 valence electrons. The van der Waals surface area contributed by atoms with Crippen LogP contribution in [0.2, 0.25) is 0 Å². The van der Waals surface area contributed by atoms with Gasteiger partial charge in [0.2, 0.25) is 0 Å². The fourth-order valence-corrected chi connectivity index (χ4v) is 1.56. The molecule has 0 amide bonds. The van der Waals surface area contributed by atoms with Crippen molar-refractivity contribution in [3.05, 3.63) is 0 Å². The fraction of sp³-hybridized carbons (Fsp3) is 0.909. The number of carbonyl (C=O) groups excluding carboxylic acids is 1. The Balaban J connectivity index is 4.41. The molecular formula is C11H23NO. The van der Waals surface area contributed by atoms with Crippen molar-refractivity contribution in [1.29, 1.82) is 0 Å². The third-order valence-electron chi connectivity index (χ3n) is 2.48. The van der Waals surface area contributed by atoms with E-state index in [0.29, 0.717) is 5.78 Å². The molecule has 0 rings (SSSR count). The van der Waals surface area contributed by atoms with Crippen LogP contribution in [0.15, 0.2) is 0 Å². The molecule has 0 heterocycles. The molecule has 2 heteroatoms. The first-order valence-corrected chi connectivity index (χ1v) is 5.13. The van der Waals surface area contributed by atoms with Crippen molar-refractivity contribution in [2.24, 2.45) is 5.41 Å². The van der Waals surface area contributed by atoms with Crippen LogP contribution in [0, 0.1) is 5.41 Å². The van der Waals surface area contributed by atoms with Gasteiger partial charge < -0.3 is 0 Å². The summed E-state index contributed by atoms with van der Waals surface area (Å²) in [6.07, 6.45) is 0. The van der Waals surface area contributed by atoms with E-state index in [1.807, 2.05) is 27.7 Å². The van der Waals surface area contributed by atoms with Crippen molar-refractivity contribution in [3.63, 3.8) is 0 Å². The lowest BCUT2D eigenvalue weighted by Gasteiger charge is -2.30. The summed E-state index contributed by atoms with van der Waals surface area (Å²) < 4.78 is 0. The monoisotopic (exact) mass is 185 g/mol. The average molecular weight is 185 g/mol. The van der Waals surface area contributed by atoms with Gasteiger partial charge in [-0.05, 0) is 20.0 Å². The van der Waals surface area contributed by atoms with Gasteiger partial charge >= 0.3 is 0 Å². The van der Waals surface area contributed by atoms with Gasteiger partial charge in [0, 0.05) is 5.41 Å². The molecule has 13 heavy (non-hydrogen) atoms. The zero-order valence-corrected chi connectivity index (χ0v) is 9.85. The van der Waals surface area contributed by atoms with Crippen molar-refractivity contribution in [3.8, 4) is 0 Å². The molecule has 1 atom stereocenters. The van der Waals surface area contributed by atoms with E-state index in [1.165, 1.54) is 0 Å². The highest BCUT2D eigenvalue weighted by molar-refractivity contribution is 5.88. The maximum atomic E-state index is 11.9. The molecule has 0 aliphatic carbocycles. The Hall–Kier alpha value is -0.370. The Kier molecular flexibility index (Phi) is 4.62. The van der Waals surface area contributed by atoms with Crippen molar-refractivity contribution in [2.45, 2.75) is 47.6 Å². The van der Waals surface area contributed by atoms with Gasteiger partial charge in [0.1, 0.15) is 0 Å². The molecule has 0 aromatic carbocycles. The van der Waals surface area contributed by atoms with E-state index in [4.69, 9.17) is 0 Å². The van der Waals surface area contributed by atoms with E-state index in [9.17, 15) is 4.79 Å². The Labute approximate surface area is 82.3 Å². The van der Waals surface area contributed by atoms with Crippen LogP contribution in [0.3, 0.4) is 0 Å². The van der Waals surface area contributed by atoms with Crippen molar-refractivity contribution >= 4 is 5.78 Å². The molecule has 0 aromatic rings. The van der Waals surface area contributed by atoms with Crippen LogP contribution in [-0.4, -0.2) is 29.8 Å². The van der Waals surface area contributed by atoms with E-state index in [-0.39, 0.29) is 11.5 Å². The molecule has 1 unspecified atom stereocenters. The highest BCUT2D eigenvalue weighted by atomic mass is 16.1. The van der Waals surface area contributed by atoms with Crippen LogP contribution in [0.4, 0.5) is 0 Å². The van der Waals surface area contributed by atoms with Crippen molar-refractivity contribution in [2.75, 3.05) is 13.1 Å². The molecule has 0 saturated carbocycles. The van der Waals surface area contributed by atoms with Gasteiger partial charge in [0.25, 0.3) is 0 Å². The molecule has 0 aliphatic rings. The third kappa shape index (κ3) is 3.47. The highest BCUT2D eigenvalue weighted by Crippen LogP contribution is 2.19. The number of carbonyl (C=O) groups is 1. The van der Waals surface area contributed by atoms with Gasteiger partial charge in [-0.15, -0.1) is 0 Å². The van der Waals surface area contributed by atoms with Crippen LogP contribution in [0.1, 0.15) is 41.5 Å². The standard InChI is InChI=1S/C11H23NO/c1-7-12(8-2)9(3)10(13)11(4,5)6/h9H,7-8H2,1-6H3. The van der Waals surface area contributed by atoms with E-state index in [1.54, 1.807) is 0 Å². The van der Waals surface area contributed by atoms with Crippen LogP contribution >= 0.6 is 0 Å². The summed E-state index contributed by atoms with van der Waals surface area (Å²) in [6.45, 7) is 14.0. The molecule has 0 aromatic heterocycles.